The van der Waals surface area contributed by atoms with Crippen LogP contribution in [0.2, 0.25) is 0 Å². The highest BCUT2D eigenvalue weighted by Crippen LogP contribution is 2.34. The van der Waals surface area contributed by atoms with Crippen molar-refractivity contribution in [3.8, 4) is 0 Å². The molecule has 1 aromatic carbocycles. The van der Waals surface area contributed by atoms with Crippen molar-refractivity contribution in [3.05, 3.63) is 35.4 Å². The summed E-state index contributed by atoms with van der Waals surface area (Å²) in [5.74, 6) is -0.181. The van der Waals surface area contributed by atoms with Gasteiger partial charge in [-0.3, -0.25) is 0 Å². The highest BCUT2D eigenvalue weighted by molar-refractivity contribution is 5.87. The van der Waals surface area contributed by atoms with Crippen molar-refractivity contribution in [1.29, 1.82) is 0 Å². The molecule has 0 aliphatic heterocycles. The molecule has 0 amide bonds. The monoisotopic (exact) mass is 247 g/mol. The summed E-state index contributed by atoms with van der Waals surface area (Å²) in [5.41, 5.74) is 1.56. The van der Waals surface area contributed by atoms with Gasteiger partial charge in [-0.05, 0) is 43.5 Å². The zero-order valence-electron chi connectivity index (χ0n) is 10.9. The largest absolute Gasteiger partial charge is 0.478 e. The first-order chi connectivity index (χ1) is 8.72. The molecule has 3 nitrogen and oxygen atoms in total. The van der Waals surface area contributed by atoms with Crippen molar-refractivity contribution in [2.45, 2.75) is 38.1 Å². The molecule has 3 heteroatoms. The second kappa shape index (κ2) is 6.01. The van der Waals surface area contributed by atoms with Gasteiger partial charge in [-0.25, -0.2) is 4.79 Å². The fourth-order valence-corrected chi connectivity index (χ4v) is 2.98. The number of benzene rings is 1. The van der Waals surface area contributed by atoms with Crippen LogP contribution in [0.5, 0.6) is 0 Å². The summed E-state index contributed by atoms with van der Waals surface area (Å²) >= 11 is 0. The molecule has 1 aliphatic rings. The van der Waals surface area contributed by atoms with Gasteiger partial charge in [-0.15, -0.1) is 0 Å². The van der Waals surface area contributed by atoms with Crippen LogP contribution >= 0.6 is 0 Å². The first-order valence-electron chi connectivity index (χ1n) is 6.73. The van der Waals surface area contributed by atoms with Crippen LogP contribution in [0.25, 0.3) is 0 Å². The highest BCUT2D eigenvalue weighted by atomic mass is 16.4. The zero-order chi connectivity index (χ0) is 13.0. The van der Waals surface area contributed by atoms with Crippen LogP contribution in [0.15, 0.2) is 24.3 Å². The van der Waals surface area contributed by atoms with Crippen LogP contribution < -0.4 is 5.32 Å². The Hall–Kier alpha value is -1.35. The number of carboxylic acid groups (broad SMARTS) is 1. The molecule has 0 saturated heterocycles. The smallest absolute Gasteiger partial charge is 0.335 e. The first kappa shape index (κ1) is 13.1. The summed E-state index contributed by atoms with van der Waals surface area (Å²) in [4.78, 5) is 10.8. The van der Waals surface area contributed by atoms with E-state index in [2.05, 4.69) is 5.32 Å². The number of hydrogen-bond acceptors (Lipinski definition) is 2. The lowest BCUT2D eigenvalue weighted by molar-refractivity contribution is 0.0697. The predicted octanol–water partition coefficient (Wildman–Crippen LogP) is 3.23. The van der Waals surface area contributed by atoms with Crippen molar-refractivity contribution in [1.82, 2.24) is 5.32 Å². The number of carboxylic acids is 1. The third-order valence-corrected chi connectivity index (χ3v) is 3.95. The molecule has 0 aromatic heterocycles. The van der Waals surface area contributed by atoms with Crippen LogP contribution in [0.4, 0.5) is 0 Å². The van der Waals surface area contributed by atoms with Gasteiger partial charge in [0.25, 0.3) is 0 Å². The molecule has 1 aliphatic carbocycles. The average Bonchev–Trinajstić information content (AvgIpc) is 2.41. The number of hydrogen-bond donors (Lipinski definition) is 2. The molecule has 2 rings (SSSR count). The maximum Gasteiger partial charge on any atom is 0.335 e. The third kappa shape index (κ3) is 2.91. The zero-order valence-corrected chi connectivity index (χ0v) is 10.9. The Labute approximate surface area is 108 Å². The molecule has 98 valence electrons. The van der Waals surface area contributed by atoms with E-state index >= 15 is 0 Å². The van der Waals surface area contributed by atoms with Crippen molar-refractivity contribution in [3.63, 3.8) is 0 Å². The fourth-order valence-electron chi connectivity index (χ4n) is 2.98. The van der Waals surface area contributed by atoms with E-state index in [4.69, 9.17) is 5.11 Å². The minimum Gasteiger partial charge on any atom is -0.478 e. The van der Waals surface area contributed by atoms with Crippen molar-refractivity contribution < 1.29 is 9.90 Å². The van der Waals surface area contributed by atoms with E-state index in [-0.39, 0.29) is 0 Å². The summed E-state index contributed by atoms with van der Waals surface area (Å²) in [6, 6.07) is 7.64. The molecule has 1 unspecified atom stereocenters. The Kier molecular flexibility index (Phi) is 4.37. The maximum absolute atomic E-state index is 10.8. The van der Waals surface area contributed by atoms with Gasteiger partial charge in [-0.2, -0.15) is 0 Å². The molecule has 0 bridgehead atoms. The van der Waals surface area contributed by atoms with E-state index in [1.807, 2.05) is 19.2 Å². The number of nitrogens with one attached hydrogen (secondary N) is 1. The number of aromatic carboxylic acids is 1. The predicted molar refractivity (Wildman–Crippen MR) is 71.8 cm³/mol. The van der Waals surface area contributed by atoms with Gasteiger partial charge in [0.2, 0.25) is 0 Å². The minimum atomic E-state index is -0.861. The Morgan fingerprint density at radius 2 is 1.83 bits per heavy atom. The van der Waals surface area contributed by atoms with E-state index < -0.39 is 5.97 Å². The van der Waals surface area contributed by atoms with Gasteiger partial charge in [0, 0.05) is 6.04 Å². The third-order valence-electron chi connectivity index (χ3n) is 3.95. The Morgan fingerprint density at radius 1 is 1.22 bits per heavy atom. The standard InChI is InChI=1S/C15H21NO2/c1-16-14(11-5-3-2-4-6-11)12-7-9-13(10-8-12)15(17)18/h7-11,14,16H,2-6H2,1H3,(H,17,18). The summed E-state index contributed by atoms with van der Waals surface area (Å²) in [6.45, 7) is 0. The van der Waals surface area contributed by atoms with Gasteiger partial charge < -0.3 is 10.4 Å². The fraction of sp³-hybridized carbons (Fsp3) is 0.533. The van der Waals surface area contributed by atoms with E-state index in [1.54, 1.807) is 12.1 Å². The molecule has 2 N–H and O–H groups in total. The van der Waals surface area contributed by atoms with Gasteiger partial charge in [0.15, 0.2) is 0 Å². The van der Waals surface area contributed by atoms with Gasteiger partial charge in [-0.1, -0.05) is 31.4 Å². The van der Waals surface area contributed by atoms with E-state index in [0.29, 0.717) is 17.5 Å². The molecular formula is C15H21NO2. The SMILES string of the molecule is CNC(c1ccc(C(=O)O)cc1)C1CCCCC1. The van der Waals surface area contributed by atoms with Crippen molar-refractivity contribution in [2.24, 2.45) is 5.92 Å². The molecule has 1 fully saturated rings. The number of rotatable bonds is 4. The Bertz CT molecular complexity index is 393. The summed E-state index contributed by atoms with van der Waals surface area (Å²) < 4.78 is 0. The van der Waals surface area contributed by atoms with Gasteiger partial charge in [0.05, 0.1) is 5.56 Å². The van der Waals surface area contributed by atoms with Crippen LogP contribution in [0.3, 0.4) is 0 Å². The normalized spacial score (nSPS) is 18.5. The number of carbonyl (C=O) groups is 1. The highest BCUT2D eigenvalue weighted by Gasteiger charge is 2.23. The quantitative estimate of drug-likeness (QED) is 0.858. The molecule has 0 heterocycles. The molecule has 18 heavy (non-hydrogen) atoms. The Morgan fingerprint density at radius 3 is 2.33 bits per heavy atom. The molecule has 0 radical (unpaired) electrons. The van der Waals surface area contributed by atoms with Crippen molar-refractivity contribution >= 4 is 5.97 Å². The molecule has 1 saturated carbocycles. The lowest BCUT2D eigenvalue weighted by atomic mass is 9.81. The second-order valence-corrected chi connectivity index (χ2v) is 5.09. The lowest BCUT2D eigenvalue weighted by Gasteiger charge is -2.30. The topological polar surface area (TPSA) is 49.3 Å². The van der Waals surface area contributed by atoms with Gasteiger partial charge >= 0.3 is 5.97 Å². The van der Waals surface area contributed by atoms with Gasteiger partial charge in [0.1, 0.15) is 0 Å². The molecule has 1 atom stereocenters. The Balaban J connectivity index is 2.13. The van der Waals surface area contributed by atoms with Crippen LogP contribution in [-0.4, -0.2) is 18.1 Å². The molecule has 1 aromatic rings. The summed E-state index contributed by atoms with van der Waals surface area (Å²) in [7, 11) is 1.99. The lowest BCUT2D eigenvalue weighted by Crippen LogP contribution is -2.26. The summed E-state index contributed by atoms with van der Waals surface area (Å²) in [5, 5.41) is 12.3. The first-order valence-corrected chi connectivity index (χ1v) is 6.73. The second-order valence-electron chi connectivity index (χ2n) is 5.09. The average molecular weight is 247 g/mol. The van der Waals surface area contributed by atoms with Crippen LogP contribution in [0.1, 0.15) is 54.1 Å². The van der Waals surface area contributed by atoms with Crippen molar-refractivity contribution in [2.75, 3.05) is 7.05 Å². The molecule has 0 spiro atoms. The van der Waals surface area contributed by atoms with Crippen LogP contribution in [-0.2, 0) is 0 Å². The van der Waals surface area contributed by atoms with E-state index in [0.717, 1.165) is 0 Å². The van der Waals surface area contributed by atoms with E-state index in [9.17, 15) is 4.79 Å². The molecular weight excluding hydrogens is 226 g/mol. The summed E-state index contributed by atoms with van der Waals surface area (Å²) in [6.07, 6.45) is 6.52. The van der Waals surface area contributed by atoms with Crippen LogP contribution in [0, 0.1) is 5.92 Å². The van der Waals surface area contributed by atoms with E-state index in [1.165, 1.54) is 37.7 Å². The minimum absolute atomic E-state index is 0.355. The maximum atomic E-state index is 10.8.